The number of imidazole rings is 1. The van der Waals surface area contributed by atoms with E-state index in [1.165, 1.54) is 36.0 Å². The molecule has 0 unspecified atom stereocenters. The molecular formula is C23H17F6N7O2. The van der Waals surface area contributed by atoms with Crippen molar-refractivity contribution < 1.29 is 36.2 Å². The number of nitrogen functional groups attached to an aromatic ring is 1. The van der Waals surface area contributed by atoms with Crippen LogP contribution in [0.4, 0.5) is 38.0 Å². The highest BCUT2D eigenvalue weighted by Crippen LogP contribution is 2.46. The molecule has 0 saturated carbocycles. The summed E-state index contributed by atoms with van der Waals surface area (Å²) in [5.41, 5.74) is 4.93. The van der Waals surface area contributed by atoms with E-state index in [0.717, 1.165) is 12.1 Å². The Hall–Kier alpha value is -4.43. The third kappa shape index (κ3) is 3.85. The number of hydrogen-bond donors (Lipinski definition) is 3. The van der Waals surface area contributed by atoms with Crippen LogP contribution in [0.1, 0.15) is 30.2 Å². The van der Waals surface area contributed by atoms with Gasteiger partial charge in [0.1, 0.15) is 22.7 Å². The van der Waals surface area contributed by atoms with Gasteiger partial charge in [0, 0.05) is 25.0 Å². The lowest BCUT2D eigenvalue weighted by Crippen LogP contribution is -2.36. The first kappa shape index (κ1) is 25.2. The second kappa shape index (κ2) is 8.29. The number of anilines is 2. The molecule has 9 nitrogen and oxygen atoms in total. The minimum absolute atomic E-state index is 0.0125. The van der Waals surface area contributed by atoms with Crippen molar-refractivity contribution in [1.82, 2.24) is 24.3 Å². The Morgan fingerprint density at radius 1 is 1.16 bits per heavy atom. The smallest absolute Gasteiger partial charge is 0.453 e. The Kier molecular flexibility index (Phi) is 5.50. The van der Waals surface area contributed by atoms with Crippen LogP contribution < -0.4 is 11.1 Å². The summed E-state index contributed by atoms with van der Waals surface area (Å²) in [4.78, 5) is 29.6. The van der Waals surface area contributed by atoms with Crippen LogP contribution in [0, 0.1) is 5.82 Å². The zero-order valence-electron chi connectivity index (χ0n) is 19.3. The maximum absolute atomic E-state index is 13.6. The van der Waals surface area contributed by atoms with Gasteiger partial charge in [0.05, 0.1) is 11.3 Å². The fourth-order valence-corrected chi connectivity index (χ4v) is 4.31. The summed E-state index contributed by atoms with van der Waals surface area (Å²) < 4.78 is 80.1. The highest BCUT2D eigenvalue weighted by molar-refractivity contribution is 6.09. The molecule has 15 heteroatoms. The molecule has 38 heavy (non-hydrogen) atoms. The van der Waals surface area contributed by atoms with E-state index in [2.05, 4.69) is 25.3 Å². The second-order valence-corrected chi connectivity index (χ2v) is 8.83. The zero-order chi connectivity index (χ0) is 27.6. The summed E-state index contributed by atoms with van der Waals surface area (Å²) >= 11 is 0. The Labute approximate surface area is 209 Å². The molecule has 0 radical (unpaired) electrons. The normalized spacial score (nSPS) is 17.6. The number of nitrogens with zero attached hydrogens (tertiary/aromatic N) is 5. The van der Waals surface area contributed by atoms with Crippen LogP contribution in [0.2, 0.25) is 0 Å². The number of aromatic nitrogens is 5. The number of carbonyl (C=O) groups is 1. The molecule has 1 aliphatic heterocycles. The Bertz CT molecular complexity index is 1600. The SMILES string of the molecule is C[C@]1(c2ccc(F)c(O)c2)C(=O)Nc2nc(-c3cn4ccnc4c(CCC(F)(F)C(F)(F)F)n3)nc(N)c21. The number of benzene rings is 1. The molecule has 1 aliphatic rings. The van der Waals surface area contributed by atoms with Crippen molar-refractivity contribution in [3.63, 3.8) is 0 Å². The van der Waals surface area contributed by atoms with Crippen molar-refractivity contribution >= 4 is 23.2 Å². The van der Waals surface area contributed by atoms with Gasteiger partial charge in [-0.2, -0.15) is 22.0 Å². The summed E-state index contributed by atoms with van der Waals surface area (Å²) in [7, 11) is 0. The number of aromatic hydroxyl groups is 1. The second-order valence-electron chi connectivity index (χ2n) is 8.83. The van der Waals surface area contributed by atoms with Gasteiger partial charge in [-0.3, -0.25) is 4.79 Å². The first-order valence-corrected chi connectivity index (χ1v) is 11.0. The molecule has 4 N–H and O–H groups in total. The molecule has 4 heterocycles. The lowest BCUT2D eigenvalue weighted by atomic mass is 9.77. The summed E-state index contributed by atoms with van der Waals surface area (Å²) in [5, 5.41) is 12.4. The fraction of sp³-hybridized carbons (Fsp3) is 0.261. The monoisotopic (exact) mass is 537 g/mol. The van der Waals surface area contributed by atoms with Gasteiger partial charge in [0.25, 0.3) is 0 Å². The molecule has 1 atom stereocenters. The molecule has 198 valence electrons. The van der Waals surface area contributed by atoms with Crippen molar-refractivity contribution in [1.29, 1.82) is 0 Å². The Balaban J connectivity index is 1.57. The zero-order valence-corrected chi connectivity index (χ0v) is 19.3. The maximum Gasteiger partial charge on any atom is 0.453 e. The largest absolute Gasteiger partial charge is 0.505 e. The number of rotatable bonds is 5. The summed E-state index contributed by atoms with van der Waals surface area (Å²) in [6, 6.07) is 3.37. The van der Waals surface area contributed by atoms with Crippen LogP contribution in [-0.4, -0.2) is 47.4 Å². The molecule has 1 aromatic carbocycles. The number of carbonyl (C=O) groups excluding carboxylic acids is 1. The number of nitrogens with two attached hydrogens (primary N) is 1. The van der Waals surface area contributed by atoms with Gasteiger partial charge < -0.3 is 20.6 Å². The van der Waals surface area contributed by atoms with E-state index in [9.17, 15) is 36.2 Å². The number of phenols is 1. The van der Waals surface area contributed by atoms with Crippen LogP contribution >= 0.6 is 0 Å². The Morgan fingerprint density at radius 3 is 2.58 bits per heavy atom. The van der Waals surface area contributed by atoms with Gasteiger partial charge in [-0.1, -0.05) is 6.07 Å². The number of nitrogens with one attached hydrogen (secondary N) is 1. The molecule has 3 aromatic heterocycles. The predicted octanol–water partition coefficient (Wildman–Crippen LogP) is 4.00. The summed E-state index contributed by atoms with van der Waals surface area (Å²) in [6.45, 7) is 1.48. The molecular weight excluding hydrogens is 520 g/mol. The standard InChI is InChI=1S/C23H17F6N7O2/c1-21(10-2-3-11(24)14(37)8-10)15-16(30)33-17(34-18(15)35-20(21)38)13-9-36-7-6-31-19(36)12(32-13)4-5-22(25,26)23(27,28)29/h2-3,6-9,37H,4-5H2,1H3,(H3,30,33,34,35,38)/t21-/m1/s1. The number of halogens is 6. The van der Waals surface area contributed by atoms with E-state index in [1.807, 2.05) is 0 Å². The topological polar surface area (TPSA) is 131 Å². The number of alkyl halides is 5. The summed E-state index contributed by atoms with van der Waals surface area (Å²) in [5.74, 6) is -7.43. The third-order valence-corrected chi connectivity index (χ3v) is 6.41. The average Bonchev–Trinajstić information content (AvgIpc) is 3.41. The molecule has 4 aromatic rings. The van der Waals surface area contributed by atoms with Gasteiger partial charge in [0.2, 0.25) is 5.91 Å². The van der Waals surface area contributed by atoms with E-state index in [-0.39, 0.29) is 45.6 Å². The quantitative estimate of drug-likeness (QED) is 0.328. The van der Waals surface area contributed by atoms with Crippen molar-refractivity contribution in [2.45, 2.75) is 37.3 Å². The van der Waals surface area contributed by atoms with E-state index >= 15 is 0 Å². The first-order chi connectivity index (χ1) is 17.7. The van der Waals surface area contributed by atoms with Crippen molar-refractivity contribution in [3.8, 4) is 17.3 Å². The molecule has 1 amide bonds. The van der Waals surface area contributed by atoms with Gasteiger partial charge in [0.15, 0.2) is 23.0 Å². The highest BCUT2D eigenvalue weighted by atomic mass is 19.4. The van der Waals surface area contributed by atoms with Crippen LogP contribution in [0.15, 0.2) is 36.8 Å². The minimum Gasteiger partial charge on any atom is -0.505 e. The highest BCUT2D eigenvalue weighted by Gasteiger charge is 2.56. The van der Waals surface area contributed by atoms with Gasteiger partial charge in [-0.05, 0) is 31.0 Å². The number of hydrogen-bond acceptors (Lipinski definition) is 7. The van der Waals surface area contributed by atoms with E-state index in [4.69, 9.17) is 5.73 Å². The first-order valence-electron chi connectivity index (χ1n) is 11.0. The Morgan fingerprint density at radius 2 is 1.89 bits per heavy atom. The average molecular weight is 537 g/mol. The molecule has 0 saturated heterocycles. The number of phenolic OH excluding ortho intramolecular Hbond substituents is 1. The van der Waals surface area contributed by atoms with Crippen molar-refractivity contribution in [2.75, 3.05) is 11.1 Å². The van der Waals surface area contributed by atoms with E-state index in [1.54, 1.807) is 0 Å². The van der Waals surface area contributed by atoms with Crippen LogP contribution in [0.25, 0.3) is 17.2 Å². The lowest BCUT2D eigenvalue weighted by Gasteiger charge is -2.23. The third-order valence-electron chi connectivity index (χ3n) is 6.41. The maximum atomic E-state index is 13.6. The van der Waals surface area contributed by atoms with Crippen LogP contribution in [-0.2, 0) is 16.6 Å². The molecule has 0 bridgehead atoms. The molecule has 0 aliphatic carbocycles. The van der Waals surface area contributed by atoms with Gasteiger partial charge >= 0.3 is 12.1 Å². The van der Waals surface area contributed by atoms with E-state index in [0.29, 0.717) is 0 Å². The molecule has 5 rings (SSSR count). The summed E-state index contributed by atoms with van der Waals surface area (Å²) in [6.07, 6.45) is -3.91. The van der Waals surface area contributed by atoms with Crippen molar-refractivity contribution in [3.05, 3.63) is 59.4 Å². The number of fused-ring (bicyclic) bond motifs is 2. The minimum atomic E-state index is -5.72. The van der Waals surface area contributed by atoms with Crippen molar-refractivity contribution in [2.24, 2.45) is 0 Å². The van der Waals surface area contributed by atoms with Gasteiger partial charge in [-0.15, -0.1) is 0 Å². The number of amides is 1. The van der Waals surface area contributed by atoms with Crippen LogP contribution in [0.3, 0.4) is 0 Å². The molecule has 0 fully saturated rings. The lowest BCUT2D eigenvalue weighted by molar-refractivity contribution is -0.284. The van der Waals surface area contributed by atoms with Crippen LogP contribution in [0.5, 0.6) is 5.75 Å². The predicted molar refractivity (Wildman–Crippen MR) is 121 cm³/mol. The number of aryl methyl sites for hydroxylation is 1. The van der Waals surface area contributed by atoms with Gasteiger partial charge in [-0.25, -0.2) is 24.3 Å². The molecule has 0 spiro atoms. The fourth-order valence-electron chi connectivity index (χ4n) is 4.31. The van der Waals surface area contributed by atoms with E-state index < -0.39 is 47.8 Å².